The Bertz CT molecular complexity index is 1070. The summed E-state index contributed by atoms with van der Waals surface area (Å²) in [4.78, 5) is 22.8. The van der Waals surface area contributed by atoms with E-state index in [-0.39, 0.29) is 11.7 Å². The zero-order chi connectivity index (χ0) is 26.0. The van der Waals surface area contributed by atoms with E-state index in [0.29, 0.717) is 0 Å². The number of aliphatic hydroxyl groups is 2. The van der Waals surface area contributed by atoms with Gasteiger partial charge in [-0.3, -0.25) is 28.0 Å². The molecular formula is C14H24N5O13P3. The molecule has 1 saturated heterocycles. The van der Waals surface area contributed by atoms with E-state index in [1.807, 2.05) is 0 Å². The van der Waals surface area contributed by atoms with Gasteiger partial charge in [-0.15, -0.1) is 0 Å². The molecule has 2 bridgehead atoms. The smallest absolute Gasteiger partial charge is 0.387 e. The second kappa shape index (κ2) is 10.9. The first-order valence-corrected chi connectivity index (χ1v) is 14.0. The average molecular weight is 563 g/mol. The lowest BCUT2D eigenvalue weighted by Gasteiger charge is -2.30. The van der Waals surface area contributed by atoms with Crippen LogP contribution in [-0.2, 0) is 45.1 Å². The van der Waals surface area contributed by atoms with E-state index in [0.717, 1.165) is 21.3 Å². The molecule has 3 heterocycles. The molecule has 35 heavy (non-hydrogen) atoms. The van der Waals surface area contributed by atoms with Crippen LogP contribution in [0.1, 0.15) is 0 Å². The van der Waals surface area contributed by atoms with Gasteiger partial charge in [0.1, 0.15) is 42.3 Å². The van der Waals surface area contributed by atoms with Crippen LogP contribution in [0.5, 0.6) is 0 Å². The van der Waals surface area contributed by atoms with Crippen molar-refractivity contribution in [1.29, 1.82) is 0 Å². The summed E-state index contributed by atoms with van der Waals surface area (Å²) in [7, 11) is -12.3. The topological polar surface area (TPSA) is 243 Å². The Balaban J connectivity index is 1.68. The molecule has 3 rings (SSSR count). The highest BCUT2D eigenvalue weighted by molar-refractivity contribution is 7.67. The quantitative estimate of drug-likeness (QED) is 0.236. The molecule has 5 N–H and O–H groups in total. The minimum atomic E-state index is -4.99. The Morgan fingerprint density at radius 2 is 1.77 bits per heavy atom. The number of nitrogens with two attached hydrogens (primary N) is 1. The fraction of sp³-hybridized carbons (Fsp3) is 0.643. The third kappa shape index (κ3) is 6.50. The van der Waals surface area contributed by atoms with E-state index in [9.17, 15) is 28.8 Å². The summed E-state index contributed by atoms with van der Waals surface area (Å²) in [6, 6.07) is -0.567. The van der Waals surface area contributed by atoms with Gasteiger partial charge >= 0.3 is 23.5 Å². The molecule has 1 fully saturated rings. The lowest BCUT2D eigenvalue weighted by Crippen LogP contribution is -2.44. The lowest BCUT2D eigenvalue weighted by molar-refractivity contribution is -0.0607. The number of hydrogen-bond donors (Lipinski definition) is 4. The molecule has 21 heteroatoms. The van der Waals surface area contributed by atoms with E-state index in [1.165, 1.54) is 17.6 Å². The second-order valence-corrected chi connectivity index (χ2v) is 12.2. The summed E-state index contributed by atoms with van der Waals surface area (Å²) in [5.41, 5.74) is 5.77. The summed E-state index contributed by atoms with van der Waals surface area (Å²) < 4.78 is 69.5. The molecular weight excluding hydrogens is 539 g/mol. The third-order valence-electron chi connectivity index (χ3n) is 4.71. The van der Waals surface area contributed by atoms with Crippen LogP contribution in [0.15, 0.2) is 26.9 Å². The van der Waals surface area contributed by atoms with Crippen LogP contribution >= 0.6 is 23.5 Å². The zero-order valence-corrected chi connectivity index (χ0v) is 21.1. The van der Waals surface area contributed by atoms with Crippen molar-refractivity contribution in [2.24, 2.45) is 20.7 Å². The van der Waals surface area contributed by atoms with Gasteiger partial charge in [0.25, 0.3) is 0 Å². The summed E-state index contributed by atoms with van der Waals surface area (Å²) >= 11 is 0. The number of amidine groups is 1. The number of phosphoric acid groups is 3. The van der Waals surface area contributed by atoms with Crippen LogP contribution in [-0.4, -0.2) is 97.0 Å². The van der Waals surface area contributed by atoms with Crippen molar-refractivity contribution in [3.63, 3.8) is 0 Å². The molecule has 0 aromatic carbocycles. The highest BCUT2D eigenvalue weighted by Gasteiger charge is 2.49. The van der Waals surface area contributed by atoms with Crippen LogP contribution < -0.4 is 5.73 Å². The first kappa shape index (κ1) is 28.2. The van der Waals surface area contributed by atoms with Crippen molar-refractivity contribution in [2.75, 3.05) is 27.9 Å². The standard InChI is InChI=1S/C14H24N5O13P3/c1-26-33(22,23)31-35(25,28-3)32-34(24,27-2)29-5-9-11(20)12(21)14(30-9)19-7-18-8-4-10(19)16-6-17-13(8)15/h4,6-9,11-12,14,20-21H,5H2,1-3H3,(H,22,23)(H2,15,16,17). The fourth-order valence-corrected chi connectivity index (χ4v) is 6.97. The van der Waals surface area contributed by atoms with Crippen molar-refractivity contribution in [3.8, 4) is 0 Å². The summed E-state index contributed by atoms with van der Waals surface area (Å²) in [5, 5.41) is 20.9. The molecule has 0 amide bonds. The maximum absolute atomic E-state index is 12.8. The molecule has 0 aliphatic carbocycles. The molecule has 0 aromatic heterocycles. The number of ether oxygens (including phenoxy) is 1. The van der Waals surface area contributed by atoms with Crippen molar-refractivity contribution >= 4 is 42.0 Å². The van der Waals surface area contributed by atoms with Crippen molar-refractivity contribution in [3.05, 3.63) is 11.9 Å². The van der Waals surface area contributed by atoms with Gasteiger partial charge in [-0.1, -0.05) is 0 Å². The number of hydrogen-bond acceptors (Lipinski definition) is 17. The summed E-state index contributed by atoms with van der Waals surface area (Å²) in [6.45, 7) is -0.726. The minimum absolute atomic E-state index is 0.203. The van der Waals surface area contributed by atoms with Gasteiger partial charge in [0.15, 0.2) is 6.23 Å². The molecule has 0 spiro atoms. The van der Waals surface area contributed by atoms with Crippen molar-refractivity contribution in [2.45, 2.75) is 30.6 Å². The van der Waals surface area contributed by atoms with E-state index in [2.05, 4.69) is 37.2 Å². The van der Waals surface area contributed by atoms with Gasteiger partial charge in [0.05, 0.1) is 12.9 Å². The van der Waals surface area contributed by atoms with Gasteiger partial charge in [0, 0.05) is 21.3 Å². The van der Waals surface area contributed by atoms with Crippen LogP contribution in [0.4, 0.5) is 0 Å². The largest absolute Gasteiger partial charge is 0.492 e. The SMILES string of the molecule is COP(=O)(O)OP(=O)(OC)OP(=O)(OC)OCC1OC(N2C=NC3C=C2N=CN=C3N)C(O)C1O. The first-order valence-electron chi connectivity index (χ1n) is 9.54. The summed E-state index contributed by atoms with van der Waals surface area (Å²) in [6.07, 6.45) is -1.54. The van der Waals surface area contributed by atoms with Crippen molar-refractivity contribution < 1.29 is 60.3 Å². The Morgan fingerprint density at radius 3 is 2.40 bits per heavy atom. The molecule has 8 unspecified atom stereocenters. The van der Waals surface area contributed by atoms with E-state index < -0.39 is 60.7 Å². The van der Waals surface area contributed by atoms with Gasteiger partial charge in [-0.05, 0) is 6.08 Å². The minimum Gasteiger partial charge on any atom is -0.387 e. The van der Waals surface area contributed by atoms with Gasteiger partial charge in [-0.25, -0.2) is 23.7 Å². The normalized spacial score (nSPS) is 33.3. The van der Waals surface area contributed by atoms with Crippen LogP contribution in [0.25, 0.3) is 0 Å². The Kier molecular flexibility index (Phi) is 8.82. The number of aliphatic imine (C=N–C) groups is 3. The predicted octanol–water partition coefficient (Wildman–Crippen LogP) is -0.308. The number of fused-ring (bicyclic) bond motifs is 1. The number of nitrogens with zero attached hydrogens (tertiary/aromatic N) is 4. The van der Waals surface area contributed by atoms with Gasteiger partial charge in [0.2, 0.25) is 0 Å². The van der Waals surface area contributed by atoms with E-state index in [4.69, 9.17) is 15.0 Å². The lowest BCUT2D eigenvalue weighted by atomic mass is 10.1. The molecule has 198 valence electrons. The van der Waals surface area contributed by atoms with E-state index >= 15 is 0 Å². The predicted molar refractivity (Wildman–Crippen MR) is 117 cm³/mol. The molecule has 8 atom stereocenters. The highest BCUT2D eigenvalue weighted by Crippen LogP contribution is 2.71. The average Bonchev–Trinajstić information content (AvgIpc) is 3.01. The number of aliphatic hydroxyl groups excluding tert-OH is 2. The molecule has 18 nitrogen and oxygen atoms in total. The molecule has 3 aliphatic heterocycles. The van der Waals surface area contributed by atoms with Crippen LogP contribution in [0.3, 0.4) is 0 Å². The first-order chi connectivity index (χ1) is 16.4. The van der Waals surface area contributed by atoms with E-state index in [1.54, 1.807) is 6.08 Å². The Morgan fingerprint density at radius 1 is 1.09 bits per heavy atom. The monoisotopic (exact) mass is 563 g/mol. The molecule has 0 aromatic rings. The van der Waals surface area contributed by atoms with Crippen LogP contribution in [0, 0.1) is 0 Å². The Labute approximate surface area is 198 Å². The molecule has 3 aliphatic rings. The van der Waals surface area contributed by atoms with Gasteiger partial charge in [-0.2, -0.15) is 8.62 Å². The van der Waals surface area contributed by atoms with Gasteiger partial charge < -0.3 is 25.6 Å². The Hall–Kier alpha value is -1.36. The molecule has 0 saturated carbocycles. The maximum Gasteiger partial charge on any atom is 0.492 e. The van der Waals surface area contributed by atoms with Crippen LogP contribution in [0.2, 0.25) is 0 Å². The maximum atomic E-state index is 12.8. The third-order valence-corrected chi connectivity index (χ3v) is 9.76. The highest BCUT2D eigenvalue weighted by atomic mass is 31.3. The molecule has 0 radical (unpaired) electrons. The number of phosphoric ester groups is 2. The zero-order valence-electron chi connectivity index (χ0n) is 18.5. The fourth-order valence-electron chi connectivity index (χ4n) is 2.91. The van der Waals surface area contributed by atoms with Crippen molar-refractivity contribution in [1.82, 2.24) is 4.90 Å². The second-order valence-electron chi connectivity index (χ2n) is 6.86. The number of rotatable bonds is 11. The summed E-state index contributed by atoms with van der Waals surface area (Å²) in [5.74, 6) is 0.484.